The molecule has 168 valence electrons. The molecule has 1 amide bonds. The van der Waals surface area contributed by atoms with Crippen molar-refractivity contribution in [2.75, 3.05) is 39.9 Å². The third-order valence-electron chi connectivity index (χ3n) is 4.34. The predicted octanol–water partition coefficient (Wildman–Crippen LogP) is 3.93. The number of benzene rings is 2. The molecule has 8 nitrogen and oxygen atoms in total. The smallest absolute Gasteiger partial charge is 0.338 e. The van der Waals surface area contributed by atoms with Crippen LogP contribution in [0.5, 0.6) is 23.0 Å². The average Bonchev–Trinajstić information content (AvgIpc) is 2.76. The summed E-state index contributed by atoms with van der Waals surface area (Å²) in [5, 5.41) is 2.64. The molecule has 1 N–H and O–H groups in total. The van der Waals surface area contributed by atoms with Crippen LogP contribution in [-0.4, -0.2) is 46.4 Å². The molecule has 0 unspecified atom stereocenters. The molecular formula is C23H29NO7. The molecule has 0 aromatic heterocycles. The van der Waals surface area contributed by atoms with Crippen LogP contribution < -0.4 is 24.3 Å². The van der Waals surface area contributed by atoms with E-state index < -0.39 is 18.5 Å². The maximum Gasteiger partial charge on any atom is 0.338 e. The van der Waals surface area contributed by atoms with Gasteiger partial charge in [-0.15, -0.1) is 0 Å². The number of hydrogen-bond acceptors (Lipinski definition) is 7. The van der Waals surface area contributed by atoms with E-state index in [4.69, 9.17) is 23.7 Å². The van der Waals surface area contributed by atoms with Crippen molar-refractivity contribution >= 4 is 17.6 Å². The van der Waals surface area contributed by atoms with Crippen LogP contribution in [0.25, 0.3) is 0 Å². The minimum absolute atomic E-state index is 0.330. The fraction of sp³-hybridized carbons (Fsp3) is 0.391. The van der Waals surface area contributed by atoms with Gasteiger partial charge in [-0.1, -0.05) is 13.8 Å². The molecule has 2 aromatic carbocycles. The molecule has 0 saturated heterocycles. The summed E-state index contributed by atoms with van der Waals surface area (Å²) in [6.45, 7) is 4.42. The Morgan fingerprint density at radius 2 is 1.55 bits per heavy atom. The Labute approximate surface area is 182 Å². The van der Waals surface area contributed by atoms with Crippen molar-refractivity contribution in [1.82, 2.24) is 0 Å². The monoisotopic (exact) mass is 431 g/mol. The van der Waals surface area contributed by atoms with E-state index in [9.17, 15) is 9.59 Å². The zero-order valence-corrected chi connectivity index (χ0v) is 18.5. The van der Waals surface area contributed by atoms with Crippen LogP contribution in [0.2, 0.25) is 0 Å². The van der Waals surface area contributed by atoms with Gasteiger partial charge in [0.25, 0.3) is 5.91 Å². The highest BCUT2D eigenvalue weighted by Crippen LogP contribution is 2.39. The first-order valence-corrected chi connectivity index (χ1v) is 9.87. The van der Waals surface area contributed by atoms with Gasteiger partial charge in [0, 0.05) is 17.8 Å². The Morgan fingerprint density at radius 1 is 0.935 bits per heavy atom. The van der Waals surface area contributed by atoms with Crippen molar-refractivity contribution in [3.05, 3.63) is 42.0 Å². The predicted molar refractivity (Wildman–Crippen MR) is 116 cm³/mol. The lowest BCUT2D eigenvalue weighted by Crippen LogP contribution is -2.21. The molecule has 0 aliphatic heterocycles. The van der Waals surface area contributed by atoms with Gasteiger partial charge in [0.05, 0.1) is 33.5 Å². The first kappa shape index (κ1) is 23.9. The number of rotatable bonds is 11. The molecule has 0 aliphatic rings. The van der Waals surface area contributed by atoms with Crippen molar-refractivity contribution in [1.29, 1.82) is 0 Å². The number of hydrogen-bond donors (Lipinski definition) is 1. The minimum Gasteiger partial charge on any atom is -0.494 e. The molecule has 2 rings (SSSR count). The maximum absolute atomic E-state index is 12.2. The molecule has 0 fully saturated rings. The van der Waals surface area contributed by atoms with Crippen molar-refractivity contribution in [3.63, 3.8) is 0 Å². The van der Waals surface area contributed by atoms with Crippen LogP contribution in [-0.2, 0) is 9.53 Å². The van der Waals surface area contributed by atoms with E-state index in [1.807, 2.05) is 0 Å². The Balaban J connectivity index is 1.90. The number of ether oxygens (including phenoxy) is 5. The van der Waals surface area contributed by atoms with Crippen LogP contribution in [0.3, 0.4) is 0 Å². The van der Waals surface area contributed by atoms with Crippen LogP contribution >= 0.6 is 0 Å². The number of amides is 1. The van der Waals surface area contributed by atoms with Gasteiger partial charge in [0.2, 0.25) is 5.75 Å². The summed E-state index contributed by atoms with van der Waals surface area (Å²) in [4.78, 5) is 24.4. The number of methoxy groups -OCH3 is 3. The topological polar surface area (TPSA) is 92.3 Å². The third-order valence-corrected chi connectivity index (χ3v) is 4.34. The highest BCUT2D eigenvalue weighted by molar-refractivity contribution is 5.96. The van der Waals surface area contributed by atoms with E-state index in [-0.39, 0.29) is 0 Å². The summed E-state index contributed by atoms with van der Waals surface area (Å²) < 4.78 is 26.5. The van der Waals surface area contributed by atoms with Gasteiger partial charge in [-0.3, -0.25) is 4.79 Å². The Bertz CT molecular complexity index is 853. The second kappa shape index (κ2) is 11.7. The molecular weight excluding hydrogens is 402 g/mol. The molecule has 2 aromatic rings. The third kappa shape index (κ3) is 7.09. The van der Waals surface area contributed by atoms with Gasteiger partial charge < -0.3 is 29.0 Å². The fourth-order valence-electron chi connectivity index (χ4n) is 2.66. The quantitative estimate of drug-likeness (QED) is 0.539. The Hall–Kier alpha value is -3.42. The maximum atomic E-state index is 12.2. The summed E-state index contributed by atoms with van der Waals surface area (Å²) >= 11 is 0. The number of carbonyl (C=O) groups excluding carboxylic acids is 2. The van der Waals surface area contributed by atoms with Gasteiger partial charge in [-0.25, -0.2) is 4.79 Å². The van der Waals surface area contributed by atoms with Crippen LogP contribution in [0.15, 0.2) is 36.4 Å². The normalized spacial score (nSPS) is 10.4. The summed E-state index contributed by atoms with van der Waals surface area (Å²) in [5.41, 5.74) is 0.746. The molecule has 8 heteroatoms. The van der Waals surface area contributed by atoms with Gasteiger partial charge >= 0.3 is 5.97 Å². The summed E-state index contributed by atoms with van der Waals surface area (Å²) in [7, 11) is 4.44. The average molecular weight is 431 g/mol. The lowest BCUT2D eigenvalue weighted by Gasteiger charge is -2.14. The lowest BCUT2D eigenvalue weighted by atomic mass is 10.1. The van der Waals surface area contributed by atoms with Crippen molar-refractivity contribution in [3.8, 4) is 23.0 Å². The highest BCUT2D eigenvalue weighted by atomic mass is 16.5. The van der Waals surface area contributed by atoms with Crippen molar-refractivity contribution in [2.45, 2.75) is 20.3 Å². The van der Waals surface area contributed by atoms with E-state index in [0.29, 0.717) is 46.8 Å². The molecule has 31 heavy (non-hydrogen) atoms. The molecule has 0 atom stereocenters. The van der Waals surface area contributed by atoms with Crippen molar-refractivity contribution in [2.24, 2.45) is 5.92 Å². The molecule has 0 heterocycles. The van der Waals surface area contributed by atoms with Crippen molar-refractivity contribution < 1.29 is 33.3 Å². The number of nitrogens with one attached hydrogen (secondary N) is 1. The van der Waals surface area contributed by atoms with E-state index in [1.165, 1.54) is 21.3 Å². The van der Waals surface area contributed by atoms with Gasteiger partial charge in [-0.05, 0) is 36.6 Å². The zero-order chi connectivity index (χ0) is 22.8. The fourth-order valence-corrected chi connectivity index (χ4v) is 2.66. The summed E-state index contributed by atoms with van der Waals surface area (Å²) in [6.07, 6.45) is 0.949. The van der Waals surface area contributed by atoms with Crippen LogP contribution in [0.4, 0.5) is 5.69 Å². The zero-order valence-electron chi connectivity index (χ0n) is 18.5. The van der Waals surface area contributed by atoms with Crippen LogP contribution in [0.1, 0.15) is 30.6 Å². The molecule has 0 aliphatic carbocycles. The van der Waals surface area contributed by atoms with Gasteiger partial charge in [0.15, 0.2) is 18.1 Å². The van der Waals surface area contributed by atoms with E-state index >= 15 is 0 Å². The van der Waals surface area contributed by atoms with E-state index in [0.717, 1.165) is 6.42 Å². The number of anilines is 1. The molecule has 0 bridgehead atoms. The van der Waals surface area contributed by atoms with Crippen LogP contribution in [0, 0.1) is 5.92 Å². The second-order valence-corrected chi connectivity index (χ2v) is 7.09. The first-order chi connectivity index (χ1) is 14.9. The largest absolute Gasteiger partial charge is 0.494 e. The number of esters is 1. The second-order valence-electron chi connectivity index (χ2n) is 7.09. The summed E-state index contributed by atoms with van der Waals surface area (Å²) in [6, 6.07) is 9.77. The molecule has 0 spiro atoms. The first-order valence-electron chi connectivity index (χ1n) is 9.87. The van der Waals surface area contributed by atoms with E-state index in [2.05, 4.69) is 19.2 Å². The Kier molecular flexibility index (Phi) is 8.99. The molecule has 0 radical (unpaired) electrons. The minimum atomic E-state index is -0.603. The number of carbonyl (C=O) groups is 2. The standard InChI is InChI=1S/C23H29NO7/c1-15(2)10-11-30-18-8-6-16(7-9-18)23(26)31-14-21(25)24-17-12-19(27-3)22(29-5)20(13-17)28-4/h6-9,12-13,15H,10-11,14H2,1-5H3,(H,24,25). The Morgan fingerprint density at radius 3 is 2.06 bits per heavy atom. The lowest BCUT2D eigenvalue weighted by molar-refractivity contribution is -0.119. The van der Waals surface area contributed by atoms with E-state index in [1.54, 1.807) is 36.4 Å². The highest BCUT2D eigenvalue weighted by Gasteiger charge is 2.16. The SMILES string of the molecule is COc1cc(NC(=O)COC(=O)c2ccc(OCCC(C)C)cc2)cc(OC)c1OC. The molecule has 0 saturated carbocycles. The van der Waals surface area contributed by atoms with Gasteiger partial charge in [-0.2, -0.15) is 0 Å². The summed E-state index contributed by atoms with van der Waals surface area (Å²) in [5.74, 6) is 1.32. The van der Waals surface area contributed by atoms with Gasteiger partial charge in [0.1, 0.15) is 5.75 Å².